The first-order chi connectivity index (χ1) is 17.1. The van der Waals surface area contributed by atoms with Crippen LogP contribution in [0.15, 0.2) is 48.5 Å². The zero-order chi connectivity index (χ0) is 24.6. The first-order valence-corrected chi connectivity index (χ1v) is 13.0. The highest BCUT2D eigenvalue weighted by molar-refractivity contribution is 5.85. The summed E-state index contributed by atoms with van der Waals surface area (Å²) in [5.41, 5.74) is 1.98. The molecule has 3 heteroatoms. The zero-order valence-electron chi connectivity index (χ0n) is 20.5. The quantitative estimate of drug-likeness (QED) is 0.250. The molecular formula is C32H33F2N. The van der Waals surface area contributed by atoms with E-state index in [1.54, 1.807) is 18.2 Å². The SMILES string of the molecule is CCCCCCCC1CCC(c2ccc3c(F)c(C#Cc4ccc(C#N)c(F)c4)ccc3c2)CC1. The third-order valence-corrected chi connectivity index (χ3v) is 7.44. The van der Waals surface area contributed by atoms with Gasteiger partial charge in [0.25, 0.3) is 0 Å². The first kappa shape index (κ1) is 24.9. The van der Waals surface area contributed by atoms with Crippen molar-refractivity contribution in [3.05, 3.63) is 82.4 Å². The molecule has 0 atom stereocenters. The molecule has 0 unspecified atom stereocenters. The molecule has 0 bridgehead atoms. The van der Waals surface area contributed by atoms with Crippen molar-refractivity contribution in [2.45, 2.75) is 77.0 Å². The first-order valence-electron chi connectivity index (χ1n) is 13.0. The van der Waals surface area contributed by atoms with Crippen LogP contribution >= 0.6 is 0 Å². The molecule has 0 N–H and O–H groups in total. The Kier molecular flexibility index (Phi) is 8.54. The lowest BCUT2D eigenvalue weighted by molar-refractivity contribution is 0.302. The fourth-order valence-corrected chi connectivity index (χ4v) is 5.30. The van der Waals surface area contributed by atoms with Crippen LogP contribution in [0.3, 0.4) is 0 Å². The lowest BCUT2D eigenvalue weighted by Crippen LogP contribution is -2.13. The van der Waals surface area contributed by atoms with Crippen LogP contribution in [0.4, 0.5) is 8.78 Å². The van der Waals surface area contributed by atoms with Gasteiger partial charge < -0.3 is 0 Å². The summed E-state index contributed by atoms with van der Waals surface area (Å²) in [6, 6.07) is 15.7. The summed E-state index contributed by atoms with van der Waals surface area (Å²) in [5, 5.41) is 10.3. The second-order valence-corrected chi connectivity index (χ2v) is 9.88. The smallest absolute Gasteiger partial charge is 0.146 e. The third-order valence-electron chi connectivity index (χ3n) is 7.44. The van der Waals surface area contributed by atoms with Crippen molar-refractivity contribution < 1.29 is 8.78 Å². The number of nitrogens with zero attached hydrogens (tertiary/aromatic N) is 1. The van der Waals surface area contributed by atoms with Crippen LogP contribution < -0.4 is 0 Å². The molecule has 1 fully saturated rings. The Morgan fingerprint density at radius 1 is 0.829 bits per heavy atom. The Labute approximate surface area is 208 Å². The van der Waals surface area contributed by atoms with Gasteiger partial charge in [-0.15, -0.1) is 0 Å². The van der Waals surface area contributed by atoms with Gasteiger partial charge >= 0.3 is 0 Å². The van der Waals surface area contributed by atoms with E-state index >= 15 is 4.39 Å². The summed E-state index contributed by atoms with van der Waals surface area (Å²) >= 11 is 0. The van der Waals surface area contributed by atoms with Gasteiger partial charge in [0.1, 0.15) is 17.7 Å². The topological polar surface area (TPSA) is 23.8 Å². The molecule has 1 nitrogen and oxygen atoms in total. The van der Waals surface area contributed by atoms with Crippen molar-refractivity contribution in [2.24, 2.45) is 5.92 Å². The van der Waals surface area contributed by atoms with E-state index in [2.05, 4.69) is 30.9 Å². The zero-order valence-corrected chi connectivity index (χ0v) is 20.5. The molecular weight excluding hydrogens is 436 g/mol. The number of nitriles is 1. The maximum atomic E-state index is 15.2. The molecule has 0 amide bonds. The Balaban J connectivity index is 1.41. The molecule has 3 aromatic rings. The monoisotopic (exact) mass is 469 g/mol. The van der Waals surface area contributed by atoms with E-state index in [-0.39, 0.29) is 16.9 Å². The molecule has 3 aromatic carbocycles. The van der Waals surface area contributed by atoms with E-state index in [1.807, 2.05) is 12.1 Å². The van der Waals surface area contributed by atoms with Crippen LogP contribution in [-0.2, 0) is 0 Å². The molecule has 0 aliphatic heterocycles. The average Bonchev–Trinajstić information content (AvgIpc) is 2.88. The molecule has 1 aliphatic rings. The molecule has 1 aliphatic carbocycles. The fourth-order valence-electron chi connectivity index (χ4n) is 5.30. The third kappa shape index (κ3) is 6.29. The Bertz CT molecular complexity index is 1270. The molecule has 1 saturated carbocycles. The number of fused-ring (bicyclic) bond motifs is 1. The van der Waals surface area contributed by atoms with Crippen LogP contribution in [-0.4, -0.2) is 0 Å². The summed E-state index contributed by atoms with van der Waals surface area (Å²) in [4.78, 5) is 0. The molecule has 0 radical (unpaired) electrons. The molecule has 0 saturated heterocycles. The summed E-state index contributed by atoms with van der Waals surface area (Å²) in [6.45, 7) is 2.26. The van der Waals surface area contributed by atoms with Gasteiger partial charge in [-0.1, -0.05) is 81.6 Å². The van der Waals surface area contributed by atoms with Crippen LogP contribution in [0.2, 0.25) is 0 Å². The van der Waals surface area contributed by atoms with E-state index in [4.69, 9.17) is 5.26 Å². The van der Waals surface area contributed by atoms with Gasteiger partial charge in [0.15, 0.2) is 0 Å². The van der Waals surface area contributed by atoms with Crippen LogP contribution in [0.25, 0.3) is 10.8 Å². The van der Waals surface area contributed by atoms with E-state index in [0.29, 0.717) is 16.9 Å². The standard InChI is InChI=1S/C32H33F2N/c1-2-3-4-5-6-7-23-8-12-25(13-9-23)27-18-19-30-28(21-27)17-16-26(32(30)34)14-10-24-11-15-29(22-35)31(33)20-24/h11,15-21,23,25H,2-9,12-13H2,1H3. The summed E-state index contributed by atoms with van der Waals surface area (Å²) in [7, 11) is 0. The van der Waals surface area contributed by atoms with Crippen LogP contribution in [0, 0.1) is 40.7 Å². The largest absolute Gasteiger partial charge is 0.206 e. The number of halogens is 2. The Hall–Kier alpha value is -3.17. The van der Waals surface area contributed by atoms with Gasteiger partial charge in [-0.3, -0.25) is 0 Å². The molecule has 35 heavy (non-hydrogen) atoms. The molecule has 0 heterocycles. The average molecular weight is 470 g/mol. The minimum absolute atomic E-state index is 0.0286. The highest BCUT2D eigenvalue weighted by atomic mass is 19.1. The van der Waals surface area contributed by atoms with Crippen molar-refractivity contribution in [2.75, 3.05) is 0 Å². The van der Waals surface area contributed by atoms with E-state index < -0.39 is 5.82 Å². The van der Waals surface area contributed by atoms with E-state index in [0.717, 1.165) is 11.3 Å². The maximum absolute atomic E-state index is 15.2. The van der Waals surface area contributed by atoms with Gasteiger partial charge in [0.2, 0.25) is 0 Å². The lowest BCUT2D eigenvalue weighted by Gasteiger charge is -2.29. The highest BCUT2D eigenvalue weighted by Crippen LogP contribution is 2.39. The Morgan fingerprint density at radius 2 is 1.60 bits per heavy atom. The van der Waals surface area contributed by atoms with Gasteiger partial charge in [-0.05, 0) is 72.7 Å². The number of benzene rings is 3. The van der Waals surface area contributed by atoms with Gasteiger partial charge in [0.05, 0.1) is 11.1 Å². The summed E-state index contributed by atoms with van der Waals surface area (Å²) in [6.07, 6.45) is 13.2. The van der Waals surface area contributed by atoms with E-state index in [1.165, 1.54) is 81.9 Å². The molecule has 180 valence electrons. The Morgan fingerprint density at radius 3 is 2.34 bits per heavy atom. The van der Waals surface area contributed by atoms with Crippen molar-refractivity contribution in [1.82, 2.24) is 0 Å². The summed E-state index contributed by atoms with van der Waals surface area (Å²) < 4.78 is 29.0. The number of hydrogen-bond donors (Lipinski definition) is 0. The van der Waals surface area contributed by atoms with Crippen molar-refractivity contribution >= 4 is 10.8 Å². The molecule has 0 aromatic heterocycles. The van der Waals surface area contributed by atoms with Crippen LogP contribution in [0.1, 0.15) is 99.3 Å². The molecule has 0 spiro atoms. The summed E-state index contributed by atoms with van der Waals surface area (Å²) in [5.74, 6) is 6.10. The van der Waals surface area contributed by atoms with E-state index in [9.17, 15) is 4.39 Å². The molecule has 4 rings (SSSR count). The van der Waals surface area contributed by atoms with Gasteiger partial charge in [-0.25, -0.2) is 8.78 Å². The van der Waals surface area contributed by atoms with Crippen molar-refractivity contribution in [1.29, 1.82) is 5.26 Å². The van der Waals surface area contributed by atoms with Gasteiger partial charge in [0, 0.05) is 10.9 Å². The normalized spacial score (nSPS) is 17.5. The second-order valence-electron chi connectivity index (χ2n) is 9.88. The van der Waals surface area contributed by atoms with Crippen molar-refractivity contribution in [3.63, 3.8) is 0 Å². The fraction of sp³-hybridized carbons (Fsp3) is 0.406. The number of rotatable bonds is 7. The predicted molar refractivity (Wildman–Crippen MR) is 139 cm³/mol. The van der Waals surface area contributed by atoms with Crippen molar-refractivity contribution in [3.8, 4) is 17.9 Å². The minimum atomic E-state index is -0.619. The maximum Gasteiger partial charge on any atom is 0.146 e. The minimum Gasteiger partial charge on any atom is -0.206 e. The highest BCUT2D eigenvalue weighted by Gasteiger charge is 2.22. The number of unbranched alkanes of at least 4 members (excludes halogenated alkanes) is 4. The second kappa shape index (κ2) is 12.0. The van der Waals surface area contributed by atoms with Gasteiger partial charge in [-0.2, -0.15) is 5.26 Å². The number of hydrogen-bond acceptors (Lipinski definition) is 1. The predicted octanol–water partition coefficient (Wildman–Crippen LogP) is 9.02. The lowest BCUT2D eigenvalue weighted by atomic mass is 9.76. The van der Waals surface area contributed by atoms with Crippen LogP contribution in [0.5, 0.6) is 0 Å².